The van der Waals surface area contributed by atoms with Crippen LogP contribution in [0.25, 0.3) is 0 Å². The Balaban J connectivity index is 1.88. The van der Waals surface area contributed by atoms with Gasteiger partial charge >= 0.3 is 11.7 Å². The summed E-state index contributed by atoms with van der Waals surface area (Å²) in [5.41, 5.74) is 0.495. The molecule has 9 heteroatoms. The van der Waals surface area contributed by atoms with Crippen molar-refractivity contribution in [2.45, 2.75) is 6.54 Å². The fraction of sp³-hybridized carbons (Fsp3) is 0.154. The van der Waals surface area contributed by atoms with Crippen LogP contribution in [0.4, 0.5) is 5.69 Å². The zero-order valence-electron chi connectivity index (χ0n) is 11.6. The zero-order chi connectivity index (χ0) is 15.9. The monoisotopic (exact) mass is 304 g/mol. The molecule has 0 saturated heterocycles. The molecule has 0 aliphatic heterocycles. The Hall–Kier alpha value is -3.23. The zero-order valence-corrected chi connectivity index (χ0v) is 11.6. The van der Waals surface area contributed by atoms with Gasteiger partial charge in [-0.05, 0) is 17.7 Å². The van der Waals surface area contributed by atoms with Gasteiger partial charge in [0.2, 0.25) is 0 Å². The fourth-order valence-electron chi connectivity index (χ4n) is 1.56. The maximum absolute atomic E-state index is 11.5. The van der Waals surface area contributed by atoms with Crippen molar-refractivity contribution >= 4 is 17.9 Å². The average Bonchev–Trinajstić information content (AvgIpc) is 2.96. The summed E-state index contributed by atoms with van der Waals surface area (Å²) in [4.78, 5) is 26.0. The summed E-state index contributed by atoms with van der Waals surface area (Å²) < 4.78 is 6.15. The van der Waals surface area contributed by atoms with Crippen molar-refractivity contribution in [3.63, 3.8) is 0 Å². The molecule has 0 amide bonds. The number of methoxy groups -OCH3 is 1. The second kappa shape index (κ2) is 6.97. The minimum absolute atomic E-state index is 0.201. The second-order valence-electron chi connectivity index (χ2n) is 4.13. The van der Waals surface area contributed by atoms with E-state index in [2.05, 4.69) is 15.1 Å². The number of nitro groups is 1. The molecule has 0 radical (unpaired) electrons. The number of oxime groups is 1. The van der Waals surface area contributed by atoms with Gasteiger partial charge in [0.05, 0.1) is 18.2 Å². The Morgan fingerprint density at radius 1 is 1.55 bits per heavy atom. The third-order valence-corrected chi connectivity index (χ3v) is 2.57. The molecule has 0 unspecified atom stereocenters. The van der Waals surface area contributed by atoms with Crippen LogP contribution in [0.15, 0.2) is 41.8 Å². The van der Waals surface area contributed by atoms with E-state index in [4.69, 9.17) is 4.74 Å². The number of benzene rings is 1. The van der Waals surface area contributed by atoms with Crippen molar-refractivity contribution < 1.29 is 19.3 Å². The van der Waals surface area contributed by atoms with Gasteiger partial charge in [0, 0.05) is 0 Å². The summed E-state index contributed by atoms with van der Waals surface area (Å²) in [5, 5.41) is 17.7. The van der Waals surface area contributed by atoms with Crippen LogP contribution in [-0.2, 0) is 16.2 Å². The quantitative estimate of drug-likeness (QED) is 0.345. The first kappa shape index (κ1) is 15.2. The van der Waals surface area contributed by atoms with Gasteiger partial charge in [-0.15, -0.1) is 0 Å². The minimum atomic E-state index is -0.697. The fourth-order valence-corrected chi connectivity index (χ4v) is 1.56. The maximum atomic E-state index is 11.5. The lowest BCUT2D eigenvalue weighted by Crippen LogP contribution is -2.11. The largest absolute Gasteiger partial charge is 0.497 e. The normalized spacial score (nSPS) is 10.6. The van der Waals surface area contributed by atoms with E-state index in [9.17, 15) is 14.9 Å². The van der Waals surface area contributed by atoms with Gasteiger partial charge in [0.15, 0.2) is 0 Å². The summed E-state index contributed by atoms with van der Waals surface area (Å²) in [6.45, 7) is -0.275. The average molecular weight is 304 g/mol. The lowest BCUT2D eigenvalue weighted by molar-refractivity contribution is -0.385. The topological polar surface area (TPSA) is 109 Å². The Morgan fingerprint density at radius 3 is 3.05 bits per heavy atom. The van der Waals surface area contributed by atoms with Crippen molar-refractivity contribution in [1.29, 1.82) is 0 Å². The Kier molecular flexibility index (Phi) is 4.81. The highest BCUT2D eigenvalue weighted by Crippen LogP contribution is 2.11. The van der Waals surface area contributed by atoms with Crippen molar-refractivity contribution in [2.75, 3.05) is 7.11 Å². The highest BCUT2D eigenvalue weighted by molar-refractivity contribution is 5.80. The molecule has 0 fully saturated rings. The molecule has 0 spiro atoms. The van der Waals surface area contributed by atoms with Crippen LogP contribution >= 0.6 is 0 Å². The van der Waals surface area contributed by atoms with Gasteiger partial charge < -0.3 is 9.57 Å². The van der Waals surface area contributed by atoms with Gasteiger partial charge in [0.25, 0.3) is 0 Å². The number of hydrogen-bond acceptors (Lipinski definition) is 7. The first-order valence-corrected chi connectivity index (χ1v) is 6.12. The molecule has 9 nitrogen and oxygen atoms in total. The van der Waals surface area contributed by atoms with E-state index in [0.717, 1.165) is 17.1 Å². The molecule has 2 aromatic rings. The van der Waals surface area contributed by atoms with Crippen molar-refractivity contribution in [2.24, 2.45) is 5.16 Å². The third kappa shape index (κ3) is 4.13. The number of carbonyl (C=O) groups is 1. The molecule has 0 bridgehead atoms. The lowest BCUT2D eigenvalue weighted by Gasteiger charge is -2.00. The first-order chi connectivity index (χ1) is 10.6. The molecule has 2 rings (SSSR count). The molecule has 1 aromatic carbocycles. The highest BCUT2D eigenvalue weighted by Gasteiger charge is 2.11. The number of ether oxygens (including phenoxy) is 1. The Labute approximate surface area is 124 Å². The molecule has 1 heterocycles. The summed E-state index contributed by atoms with van der Waals surface area (Å²) in [6.07, 6.45) is 3.53. The van der Waals surface area contributed by atoms with Gasteiger partial charge in [-0.25, -0.2) is 4.79 Å². The van der Waals surface area contributed by atoms with E-state index in [1.54, 1.807) is 31.4 Å². The molecule has 114 valence electrons. The summed E-state index contributed by atoms with van der Waals surface area (Å²) >= 11 is 0. The predicted octanol–water partition coefficient (Wildman–Crippen LogP) is 1.38. The van der Waals surface area contributed by atoms with Crippen LogP contribution in [0.5, 0.6) is 5.75 Å². The SMILES string of the molecule is COc1cccc(/C=N\OC(=O)Cn2cc([N+](=O)[O-])cn2)c1. The third-order valence-electron chi connectivity index (χ3n) is 2.57. The molecule has 0 aliphatic rings. The second-order valence-corrected chi connectivity index (χ2v) is 4.13. The molecule has 22 heavy (non-hydrogen) atoms. The summed E-state index contributed by atoms with van der Waals surface area (Å²) in [7, 11) is 1.54. The van der Waals surface area contributed by atoms with E-state index < -0.39 is 10.9 Å². The van der Waals surface area contributed by atoms with Gasteiger partial charge in [0.1, 0.15) is 24.7 Å². The first-order valence-electron chi connectivity index (χ1n) is 6.12. The summed E-state index contributed by atoms with van der Waals surface area (Å²) in [5.74, 6) is -0.0451. The van der Waals surface area contributed by atoms with E-state index in [0.29, 0.717) is 11.3 Å². The van der Waals surface area contributed by atoms with Crippen LogP contribution in [0, 0.1) is 10.1 Å². The number of rotatable bonds is 6. The van der Waals surface area contributed by atoms with E-state index in [1.807, 2.05) is 0 Å². The lowest BCUT2D eigenvalue weighted by atomic mass is 10.2. The Morgan fingerprint density at radius 2 is 2.36 bits per heavy atom. The summed E-state index contributed by atoms with van der Waals surface area (Å²) in [6, 6.07) is 7.02. The standard InChI is InChI=1S/C13H12N4O5/c1-21-12-4-2-3-10(5-12)6-15-22-13(18)9-16-8-11(7-14-16)17(19)20/h2-8H,9H2,1H3/b15-6-. The number of hydrogen-bond donors (Lipinski definition) is 0. The van der Waals surface area contributed by atoms with Crippen molar-refractivity contribution in [3.8, 4) is 5.75 Å². The molecular weight excluding hydrogens is 292 g/mol. The molecule has 0 saturated carbocycles. The van der Waals surface area contributed by atoms with Gasteiger partial charge in [-0.3, -0.25) is 14.8 Å². The maximum Gasteiger partial charge on any atom is 0.356 e. The van der Waals surface area contributed by atoms with Crippen LogP contribution in [0.2, 0.25) is 0 Å². The minimum Gasteiger partial charge on any atom is -0.497 e. The van der Waals surface area contributed by atoms with Crippen molar-refractivity contribution in [3.05, 3.63) is 52.3 Å². The van der Waals surface area contributed by atoms with Crippen molar-refractivity contribution in [1.82, 2.24) is 9.78 Å². The van der Waals surface area contributed by atoms with Crippen LogP contribution in [0.1, 0.15) is 5.56 Å². The van der Waals surface area contributed by atoms with E-state index in [1.165, 1.54) is 6.21 Å². The number of nitrogens with zero attached hydrogens (tertiary/aromatic N) is 4. The molecular formula is C13H12N4O5. The van der Waals surface area contributed by atoms with E-state index >= 15 is 0 Å². The smallest absolute Gasteiger partial charge is 0.356 e. The predicted molar refractivity (Wildman–Crippen MR) is 75.6 cm³/mol. The van der Waals surface area contributed by atoms with Crippen LogP contribution in [-0.4, -0.2) is 34.0 Å². The van der Waals surface area contributed by atoms with Gasteiger partial charge in [-0.2, -0.15) is 5.10 Å². The van der Waals surface area contributed by atoms with E-state index in [-0.39, 0.29) is 12.2 Å². The molecule has 1 aromatic heterocycles. The number of aromatic nitrogens is 2. The number of carbonyl (C=O) groups excluding carboxylic acids is 1. The van der Waals surface area contributed by atoms with Gasteiger partial charge in [-0.1, -0.05) is 17.3 Å². The highest BCUT2D eigenvalue weighted by atomic mass is 16.7. The molecule has 0 aliphatic carbocycles. The van der Waals surface area contributed by atoms with Crippen LogP contribution in [0.3, 0.4) is 0 Å². The molecule has 0 atom stereocenters. The molecule has 0 N–H and O–H groups in total. The van der Waals surface area contributed by atoms with Crippen LogP contribution < -0.4 is 4.74 Å². The Bertz CT molecular complexity index is 710.